The number of alkyl carbamates (subject to hydrolysis) is 2. The third-order valence-corrected chi connectivity index (χ3v) is 14.2. The van der Waals surface area contributed by atoms with Crippen molar-refractivity contribution < 1.29 is 78.4 Å². The number of aliphatic hydroxyl groups is 1. The predicted octanol–water partition coefficient (Wildman–Crippen LogP) is 5.70. The number of nitrogens with one attached hydrogen (secondary N) is 6. The van der Waals surface area contributed by atoms with Crippen LogP contribution >= 0.6 is 0 Å². The van der Waals surface area contributed by atoms with Crippen molar-refractivity contribution in [1.82, 2.24) is 36.3 Å². The van der Waals surface area contributed by atoms with Crippen LogP contribution in [0.25, 0.3) is 0 Å². The van der Waals surface area contributed by atoms with Gasteiger partial charge in [0.05, 0.1) is 56.5 Å². The third kappa shape index (κ3) is 14.8. The summed E-state index contributed by atoms with van der Waals surface area (Å²) >= 11 is 0. The van der Waals surface area contributed by atoms with Gasteiger partial charge in [-0.3, -0.25) is 30.7 Å². The van der Waals surface area contributed by atoms with Crippen LogP contribution in [0.5, 0.6) is 0 Å². The van der Waals surface area contributed by atoms with Crippen LogP contribution < -0.4 is 26.3 Å². The molecule has 3 aliphatic rings. The average molecular weight is 1120 g/mol. The van der Waals surface area contributed by atoms with E-state index in [1.54, 1.807) is 23.6 Å². The van der Waals surface area contributed by atoms with Crippen molar-refractivity contribution in [2.75, 3.05) is 52.0 Å². The van der Waals surface area contributed by atoms with Crippen LogP contribution in [0.3, 0.4) is 0 Å². The quantitative estimate of drug-likeness (QED) is 0.0266. The number of aliphatic hydroxyl groups excluding tert-OH is 1. The molecule has 3 fully saturated rings. The van der Waals surface area contributed by atoms with Gasteiger partial charge in [0.25, 0.3) is 5.91 Å². The number of alkyl halides is 6. The topological polar surface area (TPSA) is 244 Å². The first-order valence-electron chi connectivity index (χ1n) is 24.8. The van der Waals surface area contributed by atoms with Crippen molar-refractivity contribution in [1.29, 1.82) is 10.8 Å². The van der Waals surface area contributed by atoms with Crippen molar-refractivity contribution in [3.8, 4) is 11.8 Å². The smallest absolute Gasteiger partial charge is 0.407 e. The summed E-state index contributed by atoms with van der Waals surface area (Å²) in [7, 11) is 1.62. The number of methoxy groups -OCH3 is 2. The van der Waals surface area contributed by atoms with Gasteiger partial charge in [0.2, 0.25) is 11.8 Å². The maximum Gasteiger partial charge on any atom is 0.407 e. The second-order valence-corrected chi connectivity index (χ2v) is 20.5. The molecule has 4 amide bonds. The summed E-state index contributed by atoms with van der Waals surface area (Å²) < 4.78 is 138. The SMILES string of the molecule is COC(=O)N[C@H](C(=O)N[C@@H](Cc1ccc(C#Cc2ccc(N3CC4CCC(C3)N4C3COC3)nc2)cc1)[C@@H](O)CN(Cc1c(F)cc(C(=N)OC(C)=N)cc1F)NC(=O)[C@@H](NC(=O)OC)C(C)(C)C(F)(F)F)C(C)(C)C(F)(F)F. The number of anilines is 1. The summed E-state index contributed by atoms with van der Waals surface area (Å²) in [5.41, 5.74) is -4.17. The highest BCUT2D eigenvalue weighted by Gasteiger charge is 2.57. The second-order valence-electron chi connectivity index (χ2n) is 20.5. The fraction of sp³-hybridized carbons (Fsp3) is 0.519. The lowest BCUT2D eigenvalue weighted by Gasteiger charge is -2.47. The molecule has 1 aromatic heterocycles. The second kappa shape index (κ2) is 24.9. The van der Waals surface area contributed by atoms with Crippen LogP contribution in [-0.4, -0.2) is 158 Å². The number of aromatic nitrogens is 1. The lowest BCUT2D eigenvalue weighted by Crippen LogP contribution is -2.63. The molecule has 2 aromatic carbocycles. The number of halogens is 8. The highest BCUT2D eigenvalue weighted by Crippen LogP contribution is 2.42. The Hall–Kier alpha value is -7.15. The van der Waals surface area contributed by atoms with E-state index >= 15 is 8.78 Å². The zero-order valence-corrected chi connectivity index (χ0v) is 44.1. The third-order valence-electron chi connectivity index (χ3n) is 14.2. The number of hydrogen-bond acceptors (Lipinski definition) is 15. The number of ether oxygens (including phenoxy) is 4. The van der Waals surface area contributed by atoms with Gasteiger partial charge in [0, 0.05) is 73.6 Å². The zero-order valence-electron chi connectivity index (χ0n) is 44.1. The summed E-state index contributed by atoms with van der Waals surface area (Å²) in [6, 6.07) is 5.61. The Morgan fingerprint density at radius 2 is 1.32 bits per heavy atom. The molecule has 430 valence electrons. The maximum atomic E-state index is 15.9. The summed E-state index contributed by atoms with van der Waals surface area (Å²) in [5, 5.41) is 34.0. The molecule has 0 aliphatic carbocycles. The lowest BCUT2D eigenvalue weighted by atomic mass is 9.82. The van der Waals surface area contributed by atoms with Crippen LogP contribution in [0, 0.1) is 45.1 Å². The molecule has 79 heavy (non-hydrogen) atoms. The van der Waals surface area contributed by atoms with Crippen molar-refractivity contribution in [2.45, 2.75) is 115 Å². The standard InChI is InChI=1S/C52H62F8N10O9/c1-28(61)79-44(62)32-19-37(53)36(38(54)20-32)24-69(67-46(73)43(66-48(75)77-7)50(4,5)52(58,59)60)25-40(71)39(64-45(72)42(65-47(74)76-6)49(2,3)51(55,56)57)18-30-11-8-29(9-12-30)10-13-31-14-17-41(63-21-31)68-22-33-15-16-34(23-68)70(33)35-26-78-27-35/h8-9,11-12,14,17,19-21,33-35,39-40,42-43,61-62,71H,15-16,18,22-27H2,1-7H3,(H,64,72)(H,65,74)(H,66,75)(H,67,73)/t33?,34?,39-,40-,42+,43+/m0/s1. The molecule has 6 atom stereocenters. The van der Waals surface area contributed by atoms with Gasteiger partial charge in [-0.1, -0.05) is 24.0 Å². The van der Waals surface area contributed by atoms with E-state index < -0.39 is 125 Å². The van der Waals surface area contributed by atoms with Crippen LogP contribution in [0.4, 0.5) is 50.5 Å². The number of pyridine rings is 1. The van der Waals surface area contributed by atoms with Crippen molar-refractivity contribution in [3.63, 3.8) is 0 Å². The average Bonchev–Trinajstić information content (AvgIpc) is 3.70. The number of carbonyl (C=O) groups is 4. The van der Waals surface area contributed by atoms with Gasteiger partial charge < -0.3 is 44.9 Å². The number of amides is 4. The van der Waals surface area contributed by atoms with E-state index in [1.165, 1.54) is 12.1 Å². The lowest BCUT2D eigenvalue weighted by molar-refractivity contribution is -0.221. The first-order chi connectivity index (χ1) is 36.9. The Morgan fingerprint density at radius 3 is 1.78 bits per heavy atom. The van der Waals surface area contributed by atoms with Crippen LogP contribution in [-0.2, 0) is 41.5 Å². The molecule has 7 N–H and O–H groups in total. The van der Waals surface area contributed by atoms with Crippen molar-refractivity contribution in [3.05, 3.63) is 94.2 Å². The highest BCUT2D eigenvalue weighted by molar-refractivity contribution is 5.98. The van der Waals surface area contributed by atoms with E-state index in [4.69, 9.17) is 20.3 Å². The maximum absolute atomic E-state index is 15.9. The number of fused-ring (bicyclic) bond motifs is 2. The van der Waals surface area contributed by atoms with Gasteiger partial charge in [-0.15, -0.1) is 0 Å². The van der Waals surface area contributed by atoms with Crippen LogP contribution in [0.15, 0.2) is 54.7 Å². The molecule has 0 radical (unpaired) electrons. The fourth-order valence-corrected chi connectivity index (χ4v) is 9.27. The van der Waals surface area contributed by atoms with Gasteiger partial charge in [0.15, 0.2) is 5.90 Å². The van der Waals surface area contributed by atoms with Gasteiger partial charge in [0.1, 0.15) is 29.5 Å². The molecule has 6 rings (SSSR count). The number of benzene rings is 2. The first-order valence-corrected chi connectivity index (χ1v) is 24.8. The van der Waals surface area contributed by atoms with E-state index in [0.29, 0.717) is 74.1 Å². The van der Waals surface area contributed by atoms with E-state index in [2.05, 4.69) is 41.4 Å². The molecular weight excluding hydrogens is 1060 g/mol. The summed E-state index contributed by atoms with van der Waals surface area (Å²) in [6.45, 7) is 4.40. The molecule has 0 saturated carbocycles. The predicted molar refractivity (Wildman–Crippen MR) is 268 cm³/mol. The largest absolute Gasteiger partial charge is 0.453 e. The number of nitrogens with zero attached hydrogens (tertiary/aromatic N) is 4. The molecule has 2 bridgehead atoms. The molecule has 3 saturated heterocycles. The Kier molecular flexibility index (Phi) is 19.2. The minimum Gasteiger partial charge on any atom is -0.453 e. The molecule has 19 nitrogen and oxygen atoms in total. The van der Waals surface area contributed by atoms with Gasteiger partial charge in [-0.05, 0) is 88.9 Å². The summed E-state index contributed by atoms with van der Waals surface area (Å²) in [5.74, 6) is -0.548. The Bertz CT molecular complexity index is 2750. The van der Waals surface area contributed by atoms with E-state index in [9.17, 15) is 50.6 Å². The Morgan fingerprint density at radius 1 is 0.797 bits per heavy atom. The van der Waals surface area contributed by atoms with Crippen molar-refractivity contribution in [2.24, 2.45) is 10.8 Å². The van der Waals surface area contributed by atoms with Gasteiger partial charge in [-0.25, -0.2) is 28.4 Å². The number of hydrogen-bond donors (Lipinski definition) is 7. The minimum absolute atomic E-state index is 0.287. The number of hydrazine groups is 1. The van der Waals surface area contributed by atoms with Crippen molar-refractivity contribution >= 4 is 41.6 Å². The summed E-state index contributed by atoms with van der Waals surface area (Å²) in [4.78, 5) is 62.3. The van der Waals surface area contributed by atoms with Crippen LogP contribution in [0.1, 0.15) is 75.3 Å². The molecule has 4 heterocycles. The molecule has 3 aromatic rings. The monoisotopic (exact) mass is 1120 g/mol. The Balaban J connectivity index is 1.31. The molecule has 27 heteroatoms. The molecule has 2 unspecified atom stereocenters. The number of rotatable bonds is 18. The van der Waals surface area contributed by atoms with E-state index in [0.717, 1.165) is 66.1 Å². The van der Waals surface area contributed by atoms with Gasteiger partial charge >= 0.3 is 24.5 Å². The first kappa shape index (κ1) is 61.1. The molecular formula is C52H62F8N10O9. The Labute approximate surface area is 450 Å². The summed E-state index contributed by atoms with van der Waals surface area (Å²) in [6.07, 6.45) is -12.0. The molecule has 0 spiro atoms. The minimum atomic E-state index is -5.21. The number of carbonyl (C=O) groups excluding carboxylic acids is 4. The van der Waals surface area contributed by atoms with E-state index in [1.807, 2.05) is 22.9 Å². The fourth-order valence-electron chi connectivity index (χ4n) is 9.27. The molecule has 3 aliphatic heterocycles. The van der Waals surface area contributed by atoms with Crippen LogP contribution in [0.2, 0.25) is 0 Å². The normalized spacial score (nSPS) is 18.4. The van der Waals surface area contributed by atoms with E-state index in [-0.39, 0.29) is 5.56 Å². The highest BCUT2D eigenvalue weighted by atomic mass is 19.4. The zero-order chi connectivity index (χ0) is 58.4. The van der Waals surface area contributed by atoms with Gasteiger partial charge in [-0.2, -0.15) is 26.3 Å². The number of piperazine rings is 1.